The minimum atomic E-state index is -3.57. The highest BCUT2D eigenvalue weighted by Crippen LogP contribution is 2.23. The number of carbonyl (C=O) groups is 2. The molecular formula is C27H39N3O6S. The molecule has 0 aromatic heterocycles. The molecule has 0 saturated carbocycles. The summed E-state index contributed by atoms with van der Waals surface area (Å²) < 4.78 is 36.6. The van der Waals surface area contributed by atoms with Crippen molar-refractivity contribution in [1.82, 2.24) is 10.2 Å². The van der Waals surface area contributed by atoms with Crippen molar-refractivity contribution in [3.63, 3.8) is 0 Å². The van der Waals surface area contributed by atoms with Gasteiger partial charge in [0.15, 0.2) is 0 Å². The van der Waals surface area contributed by atoms with Gasteiger partial charge in [-0.15, -0.1) is 0 Å². The van der Waals surface area contributed by atoms with Crippen LogP contribution in [0.5, 0.6) is 11.5 Å². The molecule has 0 saturated heterocycles. The van der Waals surface area contributed by atoms with Crippen molar-refractivity contribution in [2.24, 2.45) is 0 Å². The summed E-state index contributed by atoms with van der Waals surface area (Å²) in [6.07, 6.45) is 2.27. The summed E-state index contributed by atoms with van der Waals surface area (Å²) in [5.41, 5.74) is 1.32. The van der Waals surface area contributed by atoms with Gasteiger partial charge in [-0.05, 0) is 68.7 Å². The number of ether oxygens (including phenoxy) is 2. The molecular weight excluding hydrogens is 494 g/mol. The predicted molar refractivity (Wildman–Crippen MR) is 145 cm³/mol. The van der Waals surface area contributed by atoms with Gasteiger partial charge in [-0.3, -0.25) is 13.9 Å². The molecule has 2 rings (SSSR count). The molecule has 1 N–H and O–H groups in total. The van der Waals surface area contributed by atoms with E-state index in [0.29, 0.717) is 17.2 Å². The van der Waals surface area contributed by atoms with E-state index < -0.39 is 16.1 Å². The minimum Gasteiger partial charge on any atom is -0.497 e. The van der Waals surface area contributed by atoms with Gasteiger partial charge in [0.2, 0.25) is 21.8 Å². The molecule has 204 valence electrons. The average Bonchev–Trinajstić information content (AvgIpc) is 2.88. The molecule has 9 nitrogen and oxygen atoms in total. The van der Waals surface area contributed by atoms with E-state index in [9.17, 15) is 18.0 Å². The van der Waals surface area contributed by atoms with Gasteiger partial charge in [0.25, 0.3) is 0 Å². The molecule has 0 spiro atoms. The molecule has 0 heterocycles. The topological polar surface area (TPSA) is 105 Å². The summed E-state index contributed by atoms with van der Waals surface area (Å²) in [5.74, 6) is 0.800. The number of methoxy groups -OCH3 is 2. The number of benzene rings is 2. The molecule has 2 atom stereocenters. The third-order valence-corrected chi connectivity index (χ3v) is 7.36. The molecule has 0 fully saturated rings. The Morgan fingerprint density at radius 3 is 2.22 bits per heavy atom. The predicted octanol–water partition coefficient (Wildman–Crippen LogP) is 3.58. The Labute approximate surface area is 220 Å². The molecule has 37 heavy (non-hydrogen) atoms. The van der Waals surface area contributed by atoms with Crippen LogP contribution in [0.25, 0.3) is 0 Å². The highest BCUT2D eigenvalue weighted by molar-refractivity contribution is 7.92. The van der Waals surface area contributed by atoms with E-state index in [4.69, 9.17) is 9.47 Å². The summed E-state index contributed by atoms with van der Waals surface area (Å²) >= 11 is 0. The third kappa shape index (κ3) is 8.96. The van der Waals surface area contributed by atoms with Crippen LogP contribution in [-0.2, 0) is 26.2 Å². The number of anilines is 1. The van der Waals surface area contributed by atoms with Crippen molar-refractivity contribution in [2.45, 2.75) is 58.7 Å². The Bertz CT molecular complexity index is 1140. The first-order valence-corrected chi connectivity index (χ1v) is 14.2. The molecule has 0 aliphatic heterocycles. The van der Waals surface area contributed by atoms with Crippen LogP contribution < -0.4 is 19.1 Å². The van der Waals surface area contributed by atoms with Crippen LogP contribution in [0.1, 0.15) is 45.6 Å². The minimum absolute atomic E-state index is 0.0171. The largest absolute Gasteiger partial charge is 0.497 e. The summed E-state index contributed by atoms with van der Waals surface area (Å²) in [5, 5.41) is 2.94. The smallest absolute Gasteiger partial charge is 0.242 e. The first kappa shape index (κ1) is 30.0. The normalized spacial score (nSPS) is 12.8. The molecule has 0 radical (unpaired) electrons. The van der Waals surface area contributed by atoms with E-state index in [1.54, 1.807) is 38.3 Å². The lowest BCUT2D eigenvalue weighted by molar-refractivity contribution is -0.140. The first-order valence-electron chi connectivity index (χ1n) is 12.3. The van der Waals surface area contributed by atoms with Crippen molar-refractivity contribution in [2.75, 3.05) is 31.3 Å². The zero-order valence-electron chi connectivity index (χ0n) is 22.6. The lowest BCUT2D eigenvalue weighted by Crippen LogP contribution is -2.49. The van der Waals surface area contributed by atoms with Crippen molar-refractivity contribution in [3.8, 4) is 11.5 Å². The quantitative estimate of drug-likeness (QED) is 0.398. The Balaban J connectivity index is 2.19. The standard InChI is InChI=1S/C27H39N3O6S/c1-7-20(2)28-27(32)21(3)29(19-22-10-8-11-25(18-22)36-5)26(31)12-9-17-30(37(6,33)34)23-13-15-24(35-4)16-14-23/h8,10-11,13-16,18,20-21H,7,9,12,17,19H2,1-6H3,(H,28,32)/t20-,21+/m1/s1. The van der Waals surface area contributed by atoms with E-state index in [0.717, 1.165) is 18.2 Å². The lowest BCUT2D eigenvalue weighted by Gasteiger charge is -2.30. The maximum Gasteiger partial charge on any atom is 0.242 e. The van der Waals surface area contributed by atoms with Crippen LogP contribution in [-0.4, -0.2) is 64.2 Å². The van der Waals surface area contributed by atoms with Gasteiger partial charge in [-0.2, -0.15) is 0 Å². The molecule has 2 amide bonds. The van der Waals surface area contributed by atoms with Crippen LogP contribution in [0, 0.1) is 0 Å². The SMILES string of the molecule is CC[C@@H](C)NC(=O)[C@H](C)N(Cc1cccc(OC)c1)C(=O)CCCN(c1ccc(OC)cc1)S(C)(=O)=O. The molecule has 2 aromatic carbocycles. The van der Waals surface area contributed by atoms with Crippen LogP contribution >= 0.6 is 0 Å². The number of carbonyl (C=O) groups excluding carboxylic acids is 2. The number of nitrogens with zero attached hydrogens (tertiary/aromatic N) is 2. The van der Waals surface area contributed by atoms with Crippen molar-refractivity contribution in [1.29, 1.82) is 0 Å². The van der Waals surface area contributed by atoms with E-state index in [-0.39, 0.29) is 43.8 Å². The maximum atomic E-state index is 13.4. The monoisotopic (exact) mass is 533 g/mol. The van der Waals surface area contributed by atoms with Crippen molar-refractivity contribution >= 4 is 27.5 Å². The van der Waals surface area contributed by atoms with E-state index >= 15 is 0 Å². The fraction of sp³-hybridized carbons (Fsp3) is 0.481. The van der Waals surface area contributed by atoms with Crippen LogP contribution in [0.4, 0.5) is 5.69 Å². The highest BCUT2D eigenvalue weighted by atomic mass is 32.2. The van der Waals surface area contributed by atoms with Gasteiger partial charge < -0.3 is 19.7 Å². The van der Waals surface area contributed by atoms with Gasteiger partial charge in [-0.25, -0.2) is 8.42 Å². The molecule has 0 unspecified atom stereocenters. The Kier molecular flexibility index (Phi) is 11.2. The van der Waals surface area contributed by atoms with Crippen LogP contribution in [0.3, 0.4) is 0 Å². The number of amides is 2. The maximum absolute atomic E-state index is 13.4. The van der Waals surface area contributed by atoms with E-state index in [1.165, 1.54) is 16.3 Å². The van der Waals surface area contributed by atoms with Gasteiger partial charge in [-0.1, -0.05) is 19.1 Å². The summed E-state index contributed by atoms with van der Waals surface area (Å²) in [6.45, 7) is 5.94. The van der Waals surface area contributed by atoms with Gasteiger partial charge in [0.1, 0.15) is 17.5 Å². The van der Waals surface area contributed by atoms with Crippen LogP contribution in [0.2, 0.25) is 0 Å². The van der Waals surface area contributed by atoms with Gasteiger partial charge in [0, 0.05) is 25.6 Å². The first-order chi connectivity index (χ1) is 17.5. The zero-order valence-corrected chi connectivity index (χ0v) is 23.4. The number of nitrogens with one attached hydrogen (secondary N) is 1. The lowest BCUT2D eigenvalue weighted by atomic mass is 10.1. The highest BCUT2D eigenvalue weighted by Gasteiger charge is 2.27. The van der Waals surface area contributed by atoms with Crippen LogP contribution in [0.15, 0.2) is 48.5 Å². The number of hydrogen-bond acceptors (Lipinski definition) is 6. The van der Waals surface area contributed by atoms with E-state index in [1.807, 2.05) is 38.1 Å². The molecule has 10 heteroatoms. The Morgan fingerprint density at radius 1 is 1.00 bits per heavy atom. The molecule has 0 aliphatic rings. The fourth-order valence-corrected chi connectivity index (χ4v) is 4.73. The summed E-state index contributed by atoms with van der Waals surface area (Å²) in [6, 6.07) is 13.3. The molecule has 2 aromatic rings. The van der Waals surface area contributed by atoms with Gasteiger partial charge in [0.05, 0.1) is 26.2 Å². The molecule has 0 aliphatic carbocycles. The summed E-state index contributed by atoms with van der Waals surface area (Å²) in [7, 11) is -0.460. The second kappa shape index (κ2) is 13.9. The van der Waals surface area contributed by atoms with Gasteiger partial charge >= 0.3 is 0 Å². The molecule has 0 bridgehead atoms. The summed E-state index contributed by atoms with van der Waals surface area (Å²) in [4.78, 5) is 27.8. The fourth-order valence-electron chi connectivity index (χ4n) is 3.77. The third-order valence-electron chi connectivity index (χ3n) is 6.17. The van der Waals surface area contributed by atoms with Crippen molar-refractivity contribution in [3.05, 3.63) is 54.1 Å². The zero-order chi connectivity index (χ0) is 27.6. The second-order valence-electron chi connectivity index (χ2n) is 9.00. The average molecular weight is 534 g/mol. The number of sulfonamides is 1. The number of rotatable bonds is 14. The second-order valence-corrected chi connectivity index (χ2v) is 10.9. The Morgan fingerprint density at radius 2 is 1.65 bits per heavy atom. The van der Waals surface area contributed by atoms with E-state index in [2.05, 4.69) is 5.32 Å². The number of hydrogen-bond donors (Lipinski definition) is 1. The Hall–Kier alpha value is -3.27. The van der Waals surface area contributed by atoms with Crippen molar-refractivity contribution < 1.29 is 27.5 Å².